The topological polar surface area (TPSA) is 75.7 Å². The van der Waals surface area contributed by atoms with Gasteiger partial charge in [0.05, 0.1) is 11.5 Å². The number of methoxy groups -OCH3 is 1. The van der Waals surface area contributed by atoms with Crippen LogP contribution in [0.5, 0.6) is 0 Å². The number of nitrogens with one attached hydrogen (secondary N) is 1. The highest BCUT2D eigenvalue weighted by atomic mass is 32.2. The molecule has 1 aliphatic rings. The number of rotatable bonds is 6. The second-order valence-corrected chi connectivity index (χ2v) is 7.39. The molecule has 1 aromatic carbocycles. The smallest absolute Gasteiger partial charge is 0.253 e. The summed E-state index contributed by atoms with van der Waals surface area (Å²) in [5, 5.41) is 0. The number of amides is 1. The second kappa shape index (κ2) is 8.42. The molecule has 0 bridgehead atoms. The minimum Gasteiger partial charge on any atom is -0.383 e. The molecule has 0 spiro atoms. The molecular formula is C16H24N2O4S. The summed E-state index contributed by atoms with van der Waals surface area (Å²) in [5.74, 6) is -0.0248. The summed E-state index contributed by atoms with van der Waals surface area (Å²) in [7, 11) is -2.05. The molecule has 1 amide bonds. The van der Waals surface area contributed by atoms with Gasteiger partial charge < -0.3 is 9.64 Å². The van der Waals surface area contributed by atoms with Crippen LogP contribution in [-0.2, 0) is 14.8 Å². The molecule has 0 unspecified atom stereocenters. The van der Waals surface area contributed by atoms with Crippen LogP contribution in [0.4, 0.5) is 0 Å². The van der Waals surface area contributed by atoms with Crippen LogP contribution in [0.1, 0.15) is 36.0 Å². The van der Waals surface area contributed by atoms with E-state index in [1.165, 1.54) is 19.2 Å². The number of hydrogen-bond acceptors (Lipinski definition) is 4. The maximum Gasteiger partial charge on any atom is 0.253 e. The van der Waals surface area contributed by atoms with Gasteiger partial charge in [0.15, 0.2) is 0 Å². The molecule has 7 heteroatoms. The highest BCUT2D eigenvalue weighted by Gasteiger charge is 2.19. The Morgan fingerprint density at radius 1 is 1.13 bits per heavy atom. The fraction of sp³-hybridized carbons (Fsp3) is 0.562. The standard InChI is InChI=1S/C16H24N2O4S/c1-22-13-10-17-23(20,21)15-8-6-14(7-9-15)16(19)18-11-4-2-3-5-12-18/h6-9,17H,2-5,10-13H2,1H3. The van der Waals surface area contributed by atoms with E-state index >= 15 is 0 Å². The third-order valence-corrected chi connectivity index (χ3v) is 5.38. The number of hydrogen-bond donors (Lipinski definition) is 1. The molecule has 0 atom stereocenters. The molecule has 128 valence electrons. The first-order valence-corrected chi connectivity index (χ1v) is 9.41. The van der Waals surface area contributed by atoms with Crippen LogP contribution in [0.15, 0.2) is 29.2 Å². The van der Waals surface area contributed by atoms with Gasteiger partial charge in [0.1, 0.15) is 0 Å². The molecular weight excluding hydrogens is 316 g/mol. The first-order valence-electron chi connectivity index (χ1n) is 7.92. The summed E-state index contributed by atoms with van der Waals surface area (Å²) in [5.41, 5.74) is 0.530. The third kappa shape index (κ3) is 5.02. The van der Waals surface area contributed by atoms with E-state index in [0.717, 1.165) is 38.8 Å². The number of likely N-dealkylation sites (tertiary alicyclic amines) is 1. The van der Waals surface area contributed by atoms with Crippen LogP contribution < -0.4 is 4.72 Å². The van der Waals surface area contributed by atoms with Crippen LogP contribution in [-0.4, -0.2) is 52.6 Å². The van der Waals surface area contributed by atoms with Gasteiger partial charge in [-0.25, -0.2) is 13.1 Å². The maximum absolute atomic E-state index is 12.5. The third-order valence-electron chi connectivity index (χ3n) is 3.90. The summed E-state index contributed by atoms with van der Waals surface area (Å²) in [4.78, 5) is 14.5. The van der Waals surface area contributed by atoms with E-state index in [2.05, 4.69) is 4.72 Å². The van der Waals surface area contributed by atoms with Crippen LogP contribution >= 0.6 is 0 Å². The van der Waals surface area contributed by atoms with Gasteiger partial charge in [0.2, 0.25) is 10.0 Å². The van der Waals surface area contributed by atoms with E-state index in [1.807, 2.05) is 4.90 Å². The van der Waals surface area contributed by atoms with E-state index in [4.69, 9.17) is 4.74 Å². The number of ether oxygens (including phenoxy) is 1. The van der Waals surface area contributed by atoms with Crippen molar-refractivity contribution in [2.45, 2.75) is 30.6 Å². The monoisotopic (exact) mass is 340 g/mol. The lowest BCUT2D eigenvalue weighted by Crippen LogP contribution is -2.32. The Morgan fingerprint density at radius 2 is 1.74 bits per heavy atom. The Balaban J connectivity index is 2.04. The van der Waals surface area contributed by atoms with Crippen molar-refractivity contribution >= 4 is 15.9 Å². The molecule has 0 saturated carbocycles. The lowest BCUT2D eigenvalue weighted by atomic mass is 10.2. The summed E-state index contributed by atoms with van der Waals surface area (Å²) < 4.78 is 31.4. The summed E-state index contributed by atoms with van der Waals surface area (Å²) in [6.07, 6.45) is 4.38. The Kier molecular flexibility index (Phi) is 6.56. The number of carbonyl (C=O) groups is 1. The average molecular weight is 340 g/mol. The van der Waals surface area contributed by atoms with E-state index in [0.29, 0.717) is 12.2 Å². The molecule has 1 N–H and O–H groups in total. The molecule has 6 nitrogen and oxygen atoms in total. The zero-order valence-electron chi connectivity index (χ0n) is 13.5. The van der Waals surface area contributed by atoms with E-state index in [9.17, 15) is 13.2 Å². The number of benzene rings is 1. The molecule has 0 radical (unpaired) electrons. The van der Waals surface area contributed by atoms with Crippen molar-refractivity contribution in [3.05, 3.63) is 29.8 Å². The van der Waals surface area contributed by atoms with Crippen molar-refractivity contribution in [3.63, 3.8) is 0 Å². The van der Waals surface area contributed by atoms with Gasteiger partial charge in [-0.05, 0) is 37.1 Å². The first kappa shape index (κ1) is 17.9. The Bertz CT molecular complexity index is 605. The molecule has 1 saturated heterocycles. The van der Waals surface area contributed by atoms with Crippen molar-refractivity contribution in [1.29, 1.82) is 0 Å². The first-order chi connectivity index (χ1) is 11.0. The predicted octanol–water partition coefficient (Wildman–Crippen LogP) is 1.63. The maximum atomic E-state index is 12.5. The van der Waals surface area contributed by atoms with Gasteiger partial charge in [-0.3, -0.25) is 4.79 Å². The van der Waals surface area contributed by atoms with Gasteiger partial charge in [-0.2, -0.15) is 0 Å². The minimum absolute atomic E-state index is 0.0248. The highest BCUT2D eigenvalue weighted by molar-refractivity contribution is 7.89. The summed E-state index contributed by atoms with van der Waals surface area (Å²) in [6.45, 7) is 2.08. The van der Waals surface area contributed by atoms with Crippen molar-refractivity contribution in [1.82, 2.24) is 9.62 Å². The molecule has 0 aromatic heterocycles. The van der Waals surface area contributed by atoms with Gasteiger partial charge in [0, 0.05) is 32.3 Å². The summed E-state index contributed by atoms with van der Waals surface area (Å²) >= 11 is 0. The fourth-order valence-corrected chi connectivity index (χ4v) is 3.61. The second-order valence-electron chi connectivity index (χ2n) is 5.62. The summed E-state index contributed by atoms with van der Waals surface area (Å²) in [6, 6.07) is 6.11. The largest absolute Gasteiger partial charge is 0.383 e. The number of sulfonamides is 1. The van der Waals surface area contributed by atoms with E-state index in [-0.39, 0.29) is 17.3 Å². The number of nitrogens with zero attached hydrogens (tertiary/aromatic N) is 1. The van der Waals surface area contributed by atoms with Crippen LogP contribution in [0, 0.1) is 0 Å². The SMILES string of the molecule is COCCNS(=O)(=O)c1ccc(C(=O)N2CCCCCC2)cc1. The van der Waals surface area contributed by atoms with E-state index < -0.39 is 10.0 Å². The zero-order chi connectivity index (χ0) is 16.7. The van der Waals surface area contributed by atoms with Crippen LogP contribution in [0.3, 0.4) is 0 Å². The van der Waals surface area contributed by atoms with Gasteiger partial charge in [-0.1, -0.05) is 12.8 Å². The molecule has 1 aromatic rings. The molecule has 23 heavy (non-hydrogen) atoms. The zero-order valence-corrected chi connectivity index (χ0v) is 14.3. The van der Waals surface area contributed by atoms with Crippen molar-refractivity contribution < 1.29 is 17.9 Å². The molecule has 1 fully saturated rings. The average Bonchev–Trinajstić information content (AvgIpc) is 2.84. The Hall–Kier alpha value is -1.44. The van der Waals surface area contributed by atoms with Gasteiger partial charge in [0.25, 0.3) is 5.91 Å². The predicted molar refractivity (Wildman–Crippen MR) is 87.9 cm³/mol. The normalized spacial score (nSPS) is 16.1. The molecule has 1 aliphatic heterocycles. The van der Waals surface area contributed by atoms with Crippen molar-refractivity contribution in [2.75, 3.05) is 33.4 Å². The Labute approximate surface area is 137 Å². The van der Waals surface area contributed by atoms with Gasteiger partial charge >= 0.3 is 0 Å². The minimum atomic E-state index is -3.56. The quantitative estimate of drug-likeness (QED) is 0.799. The lowest BCUT2D eigenvalue weighted by Gasteiger charge is -2.20. The van der Waals surface area contributed by atoms with E-state index in [1.54, 1.807) is 12.1 Å². The molecule has 0 aliphatic carbocycles. The number of carbonyl (C=O) groups excluding carboxylic acids is 1. The van der Waals surface area contributed by atoms with Gasteiger partial charge in [-0.15, -0.1) is 0 Å². The van der Waals surface area contributed by atoms with Crippen molar-refractivity contribution in [3.8, 4) is 0 Å². The molecule has 2 rings (SSSR count). The fourth-order valence-electron chi connectivity index (χ4n) is 2.59. The highest BCUT2D eigenvalue weighted by Crippen LogP contribution is 2.15. The Morgan fingerprint density at radius 3 is 2.30 bits per heavy atom. The van der Waals surface area contributed by atoms with Crippen LogP contribution in [0.25, 0.3) is 0 Å². The lowest BCUT2D eigenvalue weighted by molar-refractivity contribution is 0.0761. The van der Waals surface area contributed by atoms with Crippen molar-refractivity contribution in [2.24, 2.45) is 0 Å². The molecule has 1 heterocycles. The van der Waals surface area contributed by atoms with Crippen LogP contribution in [0.2, 0.25) is 0 Å².